The van der Waals surface area contributed by atoms with Crippen LogP contribution in [0.15, 0.2) is 67.3 Å². The van der Waals surface area contributed by atoms with Crippen LogP contribution in [0.5, 0.6) is 0 Å². The van der Waals surface area contributed by atoms with Gasteiger partial charge < -0.3 is 4.42 Å². The van der Waals surface area contributed by atoms with E-state index in [2.05, 4.69) is 26.6 Å². The highest BCUT2D eigenvalue weighted by Gasteiger charge is 2.44. The SMILES string of the molecule is O=C1CCCC2=C1C1(CCCC1)N=C(Nc1nc3cc4ccccc4cc3o1)N=N2. The average molecular weight is 399 g/mol. The van der Waals surface area contributed by atoms with Crippen LogP contribution in [0.2, 0.25) is 0 Å². The number of carbonyl (C=O) groups excluding carboxylic acids is 1. The Morgan fingerprint density at radius 3 is 2.60 bits per heavy atom. The van der Waals surface area contributed by atoms with E-state index in [9.17, 15) is 4.79 Å². The first-order valence-corrected chi connectivity index (χ1v) is 10.6. The number of hydrogen-bond acceptors (Lipinski definition) is 7. The van der Waals surface area contributed by atoms with Gasteiger partial charge in [0.1, 0.15) is 5.52 Å². The van der Waals surface area contributed by atoms with Crippen LogP contribution < -0.4 is 5.32 Å². The Morgan fingerprint density at radius 2 is 1.77 bits per heavy atom. The lowest BCUT2D eigenvalue weighted by Crippen LogP contribution is -2.34. The lowest BCUT2D eigenvalue weighted by molar-refractivity contribution is -0.116. The Bertz CT molecular complexity index is 1220. The summed E-state index contributed by atoms with van der Waals surface area (Å²) in [6, 6.07) is 12.4. The van der Waals surface area contributed by atoms with E-state index >= 15 is 0 Å². The van der Waals surface area contributed by atoms with Crippen molar-refractivity contribution < 1.29 is 9.21 Å². The minimum absolute atomic E-state index is 0.177. The molecule has 1 fully saturated rings. The third-order valence-corrected chi connectivity index (χ3v) is 6.34. The molecular weight excluding hydrogens is 378 g/mol. The van der Waals surface area contributed by atoms with E-state index in [0.29, 0.717) is 24.0 Å². The molecule has 3 aliphatic rings. The number of guanidine groups is 1. The summed E-state index contributed by atoms with van der Waals surface area (Å²) in [5, 5.41) is 14.1. The Kier molecular flexibility index (Phi) is 3.84. The number of hydrogen-bond donors (Lipinski definition) is 1. The van der Waals surface area contributed by atoms with Gasteiger partial charge >= 0.3 is 6.01 Å². The minimum atomic E-state index is -0.515. The number of rotatable bonds is 1. The van der Waals surface area contributed by atoms with E-state index in [1.165, 1.54) is 0 Å². The lowest BCUT2D eigenvalue weighted by atomic mass is 9.79. The molecule has 0 radical (unpaired) electrons. The molecule has 6 rings (SSSR count). The molecule has 3 aromatic rings. The second-order valence-corrected chi connectivity index (χ2v) is 8.28. The minimum Gasteiger partial charge on any atom is -0.423 e. The summed E-state index contributed by atoms with van der Waals surface area (Å²) < 4.78 is 5.93. The van der Waals surface area contributed by atoms with Crippen LogP contribution in [0.1, 0.15) is 44.9 Å². The van der Waals surface area contributed by atoms with Crippen molar-refractivity contribution in [1.29, 1.82) is 0 Å². The van der Waals surface area contributed by atoms with Gasteiger partial charge in [0.2, 0.25) is 5.96 Å². The molecule has 0 saturated heterocycles. The third kappa shape index (κ3) is 2.76. The number of azo groups is 1. The number of nitrogens with zero attached hydrogens (tertiary/aromatic N) is 4. The molecule has 2 aliphatic carbocycles. The van der Waals surface area contributed by atoms with Crippen LogP contribution in [0.4, 0.5) is 6.01 Å². The molecule has 2 aromatic carbocycles. The van der Waals surface area contributed by atoms with Crippen molar-refractivity contribution in [2.45, 2.75) is 50.5 Å². The number of ketones is 1. The molecule has 1 saturated carbocycles. The molecular formula is C23H21N5O2. The third-order valence-electron chi connectivity index (χ3n) is 6.34. The monoisotopic (exact) mass is 399 g/mol. The fraction of sp³-hybridized carbons (Fsp3) is 0.348. The zero-order chi connectivity index (χ0) is 20.1. The number of aromatic nitrogens is 1. The van der Waals surface area contributed by atoms with Gasteiger partial charge in [0.25, 0.3) is 0 Å². The van der Waals surface area contributed by atoms with E-state index in [4.69, 9.17) is 9.41 Å². The van der Waals surface area contributed by atoms with Crippen LogP contribution in [0, 0.1) is 0 Å². The number of allylic oxidation sites excluding steroid dienone is 1. The summed E-state index contributed by atoms with van der Waals surface area (Å²) in [5.41, 5.74) is 2.54. The van der Waals surface area contributed by atoms with E-state index < -0.39 is 5.54 Å². The highest BCUT2D eigenvalue weighted by molar-refractivity contribution is 6.02. The standard InChI is InChI=1S/C23H21N5O2/c29-18-9-5-8-16-20(18)23(10-3-4-11-23)26-21(28-27-16)25-22-24-17-12-14-6-1-2-7-15(14)13-19(17)30-22/h1-2,6-7,12-13H,3-5,8-11H2,(H,24,25,26). The summed E-state index contributed by atoms with van der Waals surface area (Å²) in [5.74, 6) is 0.533. The molecule has 1 N–H and O–H groups in total. The van der Waals surface area contributed by atoms with Gasteiger partial charge in [0.15, 0.2) is 11.4 Å². The molecule has 1 aromatic heterocycles. The number of carbonyl (C=O) groups is 1. The van der Waals surface area contributed by atoms with Crippen LogP contribution in [-0.4, -0.2) is 22.3 Å². The van der Waals surface area contributed by atoms with Gasteiger partial charge in [0.05, 0.1) is 11.2 Å². The molecule has 2 heterocycles. The highest BCUT2D eigenvalue weighted by atomic mass is 16.4. The van der Waals surface area contributed by atoms with Gasteiger partial charge in [-0.15, -0.1) is 5.11 Å². The predicted molar refractivity (Wildman–Crippen MR) is 115 cm³/mol. The largest absolute Gasteiger partial charge is 0.423 e. The average Bonchev–Trinajstić information content (AvgIpc) is 3.32. The Hall–Kier alpha value is -3.35. The summed E-state index contributed by atoms with van der Waals surface area (Å²) in [4.78, 5) is 22.3. The molecule has 0 bridgehead atoms. The Morgan fingerprint density at radius 1 is 0.967 bits per heavy atom. The number of fused-ring (bicyclic) bond motifs is 3. The molecule has 0 amide bonds. The molecule has 7 nitrogen and oxygen atoms in total. The van der Waals surface area contributed by atoms with Crippen molar-refractivity contribution in [3.05, 3.63) is 47.7 Å². The van der Waals surface area contributed by atoms with E-state index in [-0.39, 0.29) is 5.78 Å². The first kappa shape index (κ1) is 17.5. The van der Waals surface area contributed by atoms with E-state index in [0.717, 1.165) is 66.1 Å². The van der Waals surface area contributed by atoms with Crippen molar-refractivity contribution in [1.82, 2.24) is 4.98 Å². The fourth-order valence-corrected chi connectivity index (χ4v) is 4.98. The molecule has 1 spiro atoms. The molecule has 1 aliphatic heterocycles. The normalized spacial score (nSPS) is 20.7. The summed E-state index contributed by atoms with van der Waals surface area (Å²) in [7, 11) is 0. The van der Waals surface area contributed by atoms with E-state index in [1.54, 1.807) is 0 Å². The maximum Gasteiger partial charge on any atom is 0.302 e. The van der Waals surface area contributed by atoms with Crippen molar-refractivity contribution >= 4 is 39.6 Å². The Labute approximate surface area is 173 Å². The second-order valence-electron chi connectivity index (χ2n) is 8.28. The molecule has 150 valence electrons. The number of oxazole rings is 1. The van der Waals surface area contributed by atoms with Gasteiger partial charge in [-0.2, -0.15) is 10.1 Å². The summed E-state index contributed by atoms with van der Waals surface area (Å²) >= 11 is 0. The van der Waals surface area contributed by atoms with Crippen molar-refractivity contribution in [3.63, 3.8) is 0 Å². The quantitative estimate of drug-likeness (QED) is 0.582. The van der Waals surface area contributed by atoms with Gasteiger partial charge in [-0.1, -0.05) is 37.1 Å². The maximum absolute atomic E-state index is 12.8. The van der Waals surface area contributed by atoms with Crippen LogP contribution in [-0.2, 0) is 4.79 Å². The Balaban J connectivity index is 1.39. The predicted octanol–water partition coefficient (Wildman–Crippen LogP) is 5.53. The highest BCUT2D eigenvalue weighted by Crippen LogP contribution is 2.45. The number of Topliss-reactive ketones (excluding diaryl/α,β-unsaturated/α-hetero) is 1. The van der Waals surface area contributed by atoms with Gasteiger partial charge in [-0.05, 0) is 48.6 Å². The first-order valence-electron chi connectivity index (χ1n) is 10.6. The van der Waals surface area contributed by atoms with Crippen LogP contribution in [0.25, 0.3) is 21.9 Å². The van der Waals surface area contributed by atoms with E-state index in [1.807, 2.05) is 30.3 Å². The van der Waals surface area contributed by atoms with Crippen molar-refractivity contribution in [2.24, 2.45) is 15.2 Å². The second kappa shape index (κ2) is 6.58. The number of nitrogens with one attached hydrogen (secondary N) is 1. The van der Waals surface area contributed by atoms with Crippen LogP contribution >= 0.6 is 0 Å². The zero-order valence-corrected chi connectivity index (χ0v) is 16.5. The van der Waals surface area contributed by atoms with Gasteiger partial charge in [-0.3, -0.25) is 10.1 Å². The number of aliphatic imine (C=N–C) groups is 1. The van der Waals surface area contributed by atoms with Crippen molar-refractivity contribution in [3.8, 4) is 0 Å². The smallest absolute Gasteiger partial charge is 0.302 e. The molecule has 7 heteroatoms. The summed E-state index contributed by atoms with van der Waals surface area (Å²) in [6.45, 7) is 0. The molecule has 0 unspecified atom stereocenters. The molecule has 30 heavy (non-hydrogen) atoms. The van der Waals surface area contributed by atoms with Crippen LogP contribution in [0.3, 0.4) is 0 Å². The lowest BCUT2D eigenvalue weighted by Gasteiger charge is -2.29. The zero-order valence-electron chi connectivity index (χ0n) is 16.5. The number of anilines is 1. The van der Waals surface area contributed by atoms with Crippen molar-refractivity contribution in [2.75, 3.05) is 5.32 Å². The number of benzene rings is 2. The topological polar surface area (TPSA) is 92.2 Å². The first-order chi connectivity index (χ1) is 14.7. The molecule has 0 atom stereocenters. The fourth-order valence-electron chi connectivity index (χ4n) is 4.98. The van der Waals surface area contributed by atoms with Gasteiger partial charge in [0, 0.05) is 12.0 Å². The van der Waals surface area contributed by atoms with Gasteiger partial charge in [-0.25, -0.2) is 4.99 Å². The maximum atomic E-state index is 12.8. The summed E-state index contributed by atoms with van der Waals surface area (Å²) in [6.07, 6.45) is 6.00.